The lowest BCUT2D eigenvalue weighted by Gasteiger charge is -2.23. The Morgan fingerprint density at radius 3 is 3.07 bits per heavy atom. The second-order valence-corrected chi connectivity index (χ2v) is 3.21. The van der Waals surface area contributed by atoms with Crippen LogP contribution in [0.4, 0.5) is 4.79 Å². The van der Waals surface area contributed by atoms with Crippen molar-refractivity contribution in [1.82, 2.24) is 10.2 Å². The summed E-state index contributed by atoms with van der Waals surface area (Å²) < 4.78 is 0. The number of rotatable bonds is 2. The molecule has 1 aliphatic rings. The number of amidine groups is 1. The topological polar surface area (TPSA) is 91.0 Å². The first-order valence-corrected chi connectivity index (χ1v) is 4.72. The van der Waals surface area contributed by atoms with Crippen LogP contribution in [0, 0.1) is 0 Å². The summed E-state index contributed by atoms with van der Waals surface area (Å²) in [6.45, 7) is 3.09. The summed E-state index contributed by atoms with van der Waals surface area (Å²) in [7, 11) is 0. The van der Waals surface area contributed by atoms with E-state index in [2.05, 4.69) is 10.5 Å². The molecule has 80 valence electrons. The second-order valence-electron chi connectivity index (χ2n) is 3.21. The van der Waals surface area contributed by atoms with E-state index >= 15 is 0 Å². The van der Waals surface area contributed by atoms with Crippen molar-refractivity contribution in [2.45, 2.75) is 25.8 Å². The highest BCUT2D eigenvalue weighted by molar-refractivity contribution is 5.89. The predicted molar refractivity (Wildman–Crippen MR) is 52.2 cm³/mol. The van der Waals surface area contributed by atoms with Gasteiger partial charge in [0.25, 0.3) is 0 Å². The standard InChI is InChI=1S/C8H16N4O2/c1-2-10-8(13)12-5-3-4-6(12)7(9)11-14/h6,14H,2-5H2,1H3,(H2,9,11)(H,10,13). The summed E-state index contributed by atoms with van der Waals surface area (Å²) in [6.07, 6.45) is 1.64. The van der Waals surface area contributed by atoms with E-state index in [1.807, 2.05) is 6.92 Å². The fourth-order valence-electron chi connectivity index (χ4n) is 1.64. The van der Waals surface area contributed by atoms with Gasteiger partial charge in [0.05, 0.1) is 6.04 Å². The van der Waals surface area contributed by atoms with Gasteiger partial charge >= 0.3 is 6.03 Å². The van der Waals surface area contributed by atoms with E-state index in [9.17, 15) is 4.79 Å². The van der Waals surface area contributed by atoms with Gasteiger partial charge in [0.1, 0.15) is 0 Å². The summed E-state index contributed by atoms with van der Waals surface area (Å²) >= 11 is 0. The molecule has 1 unspecified atom stereocenters. The molecule has 0 aromatic heterocycles. The highest BCUT2D eigenvalue weighted by Crippen LogP contribution is 2.16. The molecule has 0 saturated carbocycles. The van der Waals surface area contributed by atoms with Crippen LogP contribution in [0.5, 0.6) is 0 Å². The Morgan fingerprint density at radius 1 is 1.79 bits per heavy atom. The smallest absolute Gasteiger partial charge is 0.318 e. The third-order valence-electron chi connectivity index (χ3n) is 2.30. The van der Waals surface area contributed by atoms with Gasteiger partial charge in [-0.05, 0) is 19.8 Å². The minimum Gasteiger partial charge on any atom is -0.409 e. The summed E-state index contributed by atoms with van der Waals surface area (Å²) in [4.78, 5) is 13.1. The maximum absolute atomic E-state index is 11.5. The van der Waals surface area contributed by atoms with Crippen LogP contribution >= 0.6 is 0 Å². The zero-order chi connectivity index (χ0) is 10.6. The number of oxime groups is 1. The molecule has 2 amide bonds. The number of carbonyl (C=O) groups is 1. The Labute approximate surface area is 82.7 Å². The van der Waals surface area contributed by atoms with Crippen LogP contribution < -0.4 is 11.1 Å². The Morgan fingerprint density at radius 2 is 2.50 bits per heavy atom. The molecule has 0 aromatic rings. The van der Waals surface area contributed by atoms with Crippen molar-refractivity contribution >= 4 is 11.9 Å². The van der Waals surface area contributed by atoms with Crippen molar-refractivity contribution in [3.05, 3.63) is 0 Å². The van der Waals surface area contributed by atoms with Gasteiger partial charge in [-0.25, -0.2) is 4.79 Å². The lowest BCUT2D eigenvalue weighted by molar-refractivity contribution is 0.202. The number of hydrogen-bond acceptors (Lipinski definition) is 3. The molecule has 1 heterocycles. The molecule has 4 N–H and O–H groups in total. The molecule has 0 aliphatic carbocycles. The molecule has 1 saturated heterocycles. The van der Waals surface area contributed by atoms with Crippen molar-refractivity contribution in [3.63, 3.8) is 0 Å². The van der Waals surface area contributed by atoms with Gasteiger partial charge in [0.2, 0.25) is 0 Å². The third-order valence-corrected chi connectivity index (χ3v) is 2.30. The van der Waals surface area contributed by atoms with Crippen molar-refractivity contribution in [2.75, 3.05) is 13.1 Å². The maximum atomic E-state index is 11.5. The second kappa shape index (κ2) is 4.69. The van der Waals surface area contributed by atoms with E-state index in [0.717, 1.165) is 12.8 Å². The molecule has 0 spiro atoms. The van der Waals surface area contributed by atoms with Gasteiger partial charge in [0.15, 0.2) is 5.84 Å². The third kappa shape index (κ3) is 2.07. The fourth-order valence-corrected chi connectivity index (χ4v) is 1.64. The number of amides is 2. The number of carbonyl (C=O) groups excluding carboxylic acids is 1. The van der Waals surface area contributed by atoms with Gasteiger partial charge in [-0.15, -0.1) is 0 Å². The molecular formula is C8H16N4O2. The lowest BCUT2D eigenvalue weighted by Crippen LogP contribution is -2.48. The molecule has 0 aromatic carbocycles. The highest BCUT2D eigenvalue weighted by Gasteiger charge is 2.31. The van der Waals surface area contributed by atoms with Crippen molar-refractivity contribution in [2.24, 2.45) is 10.9 Å². The molecule has 14 heavy (non-hydrogen) atoms. The Hall–Kier alpha value is -1.46. The van der Waals surface area contributed by atoms with Crippen molar-refractivity contribution < 1.29 is 10.0 Å². The minimum absolute atomic E-state index is 0.105. The number of hydrogen-bond donors (Lipinski definition) is 3. The molecule has 1 aliphatic heterocycles. The zero-order valence-electron chi connectivity index (χ0n) is 8.23. The normalized spacial score (nSPS) is 22.5. The molecule has 0 bridgehead atoms. The van der Waals surface area contributed by atoms with E-state index in [1.54, 1.807) is 4.90 Å². The van der Waals surface area contributed by atoms with E-state index in [1.165, 1.54) is 0 Å². The first-order chi connectivity index (χ1) is 6.70. The fraction of sp³-hybridized carbons (Fsp3) is 0.750. The number of nitrogens with zero attached hydrogens (tertiary/aromatic N) is 2. The minimum atomic E-state index is -0.258. The summed E-state index contributed by atoms with van der Waals surface area (Å²) in [6, 6.07) is -0.409. The predicted octanol–water partition coefficient (Wildman–Crippen LogP) is -0.0733. The number of nitrogens with two attached hydrogens (primary N) is 1. The Kier molecular flexibility index (Phi) is 3.55. The first-order valence-electron chi connectivity index (χ1n) is 4.72. The van der Waals surface area contributed by atoms with Gasteiger partial charge in [0, 0.05) is 13.1 Å². The molecule has 0 radical (unpaired) electrons. The largest absolute Gasteiger partial charge is 0.409 e. The Bertz CT molecular complexity index is 241. The summed E-state index contributed by atoms with van der Waals surface area (Å²) in [5, 5.41) is 14.2. The van der Waals surface area contributed by atoms with Gasteiger partial charge in [-0.1, -0.05) is 5.16 Å². The highest BCUT2D eigenvalue weighted by atomic mass is 16.4. The van der Waals surface area contributed by atoms with E-state index in [4.69, 9.17) is 10.9 Å². The molecule has 1 fully saturated rings. The Balaban J connectivity index is 2.64. The molecule has 6 heteroatoms. The number of nitrogens with one attached hydrogen (secondary N) is 1. The summed E-state index contributed by atoms with van der Waals surface area (Å²) in [5.74, 6) is 0.105. The SMILES string of the molecule is CCNC(=O)N1CCCC1C(N)=NO. The zero-order valence-corrected chi connectivity index (χ0v) is 8.23. The van der Waals surface area contributed by atoms with E-state index < -0.39 is 0 Å². The molecular weight excluding hydrogens is 184 g/mol. The molecule has 1 rings (SSSR count). The monoisotopic (exact) mass is 200 g/mol. The van der Waals surface area contributed by atoms with Crippen LogP contribution in [0.15, 0.2) is 5.16 Å². The average molecular weight is 200 g/mol. The van der Waals surface area contributed by atoms with Gasteiger partial charge in [-0.3, -0.25) is 0 Å². The molecule has 6 nitrogen and oxygen atoms in total. The van der Waals surface area contributed by atoms with Crippen LogP contribution in [-0.2, 0) is 0 Å². The van der Waals surface area contributed by atoms with Gasteiger partial charge in [-0.2, -0.15) is 0 Å². The van der Waals surface area contributed by atoms with Crippen LogP contribution in [0.1, 0.15) is 19.8 Å². The van der Waals surface area contributed by atoms with E-state index in [0.29, 0.717) is 13.1 Å². The first kappa shape index (κ1) is 10.6. The number of likely N-dealkylation sites (tertiary alicyclic amines) is 1. The van der Waals surface area contributed by atoms with Crippen LogP contribution in [0.25, 0.3) is 0 Å². The van der Waals surface area contributed by atoms with Crippen LogP contribution in [0.3, 0.4) is 0 Å². The lowest BCUT2D eigenvalue weighted by atomic mass is 10.2. The summed E-state index contributed by atoms with van der Waals surface area (Å²) in [5.41, 5.74) is 5.48. The van der Waals surface area contributed by atoms with Crippen LogP contribution in [-0.4, -0.2) is 41.1 Å². The van der Waals surface area contributed by atoms with Crippen molar-refractivity contribution in [1.29, 1.82) is 0 Å². The van der Waals surface area contributed by atoms with Gasteiger partial charge < -0.3 is 21.2 Å². The van der Waals surface area contributed by atoms with Crippen LogP contribution in [0.2, 0.25) is 0 Å². The average Bonchev–Trinajstić information content (AvgIpc) is 2.65. The van der Waals surface area contributed by atoms with E-state index in [-0.39, 0.29) is 17.9 Å². The quantitative estimate of drug-likeness (QED) is 0.252. The van der Waals surface area contributed by atoms with Crippen molar-refractivity contribution in [3.8, 4) is 0 Å². The maximum Gasteiger partial charge on any atom is 0.318 e. The molecule has 1 atom stereocenters. The number of urea groups is 1.